The van der Waals surface area contributed by atoms with Crippen LogP contribution in [0.3, 0.4) is 0 Å². The fourth-order valence-corrected chi connectivity index (χ4v) is 1.53. The van der Waals surface area contributed by atoms with Crippen molar-refractivity contribution in [2.75, 3.05) is 5.73 Å². The van der Waals surface area contributed by atoms with Gasteiger partial charge in [-0.25, -0.2) is 9.37 Å². The molecule has 106 valence electrons. The molecular weight excluding hydrogens is 346 g/mol. The minimum atomic E-state index is -4.75. The average Bonchev–Trinajstić information content (AvgIpc) is 2.32. The Hall–Kier alpha value is -1.90. The minimum Gasteiger partial charge on any atom is -0.439 e. The number of nitrogens with zero attached hydrogens (tertiary/aromatic N) is 2. The summed E-state index contributed by atoms with van der Waals surface area (Å²) in [6.07, 6.45) is -4.75. The average molecular weight is 352 g/mol. The van der Waals surface area contributed by atoms with Crippen LogP contribution in [0.4, 0.5) is 23.4 Å². The van der Waals surface area contributed by atoms with Crippen molar-refractivity contribution in [2.45, 2.75) is 6.18 Å². The third-order valence-electron chi connectivity index (χ3n) is 2.09. The molecule has 0 saturated carbocycles. The van der Waals surface area contributed by atoms with E-state index < -0.39 is 29.5 Å². The summed E-state index contributed by atoms with van der Waals surface area (Å²) in [5.41, 5.74) is 5.25. The second-order valence-corrected chi connectivity index (χ2v) is 4.48. The van der Waals surface area contributed by atoms with Crippen LogP contribution in [0.15, 0.2) is 28.7 Å². The van der Waals surface area contributed by atoms with Crippen LogP contribution >= 0.6 is 15.9 Å². The van der Waals surface area contributed by atoms with Gasteiger partial charge in [-0.3, -0.25) is 0 Å². The van der Waals surface area contributed by atoms with E-state index >= 15 is 0 Å². The van der Waals surface area contributed by atoms with Gasteiger partial charge in [0.15, 0.2) is 0 Å². The van der Waals surface area contributed by atoms with E-state index in [0.717, 1.165) is 12.1 Å². The highest BCUT2D eigenvalue weighted by molar-refractivity contribution is 9.10. The van der Waals surface area contributed by atoms with Gasteiger partial charge in [-0.05, 0) is 28.1 Å². The molecule has 2 aromatic rings. The molecule has 1 aromatic carbocycles. The van der Waals surface area contributed by atoms with E-state index in [1.807, 2.05) is 0 Å². The molecule has 0 aliphatic rings. The van der Waals surface area contributed by atoms with Crippen molar-refractivity contribution < 1.29 is 22.3 Å². The van der Waals surface area contributed by atoms with Crippen molar-refractivity contribution in [3.05, 3.63) is 40.4 Å². The van der Waals surface area contributed by atoms with Gasteiger partial charge in [-0.2, -0.15) is 18.2 Å². The van der Waals surface area contributed by atoms with Gasteiger partial charge in [0, 0.05) is 12.1 Å². The molecule has 0 aliphatic carbocycles. The second-order valence-electron chi connectivity index (χ2n) is 3.63. The molecule has 0 saturated heterocycles. The number of nitrogen functional groups attached to an aromatic ring is 1. The van der Waals surface area contributed by atoms with E-state index in [1.165, 1.54) is 12.1 Å². The number of halogens is 5. The summed E-state index contributed by atoms with van der Waals surface area (Å²) in [6, 6.07) is 4.71. The third-order valence-corrected chi connectivity index (χ3v) is 2.73. The first-order chi connectivity index (χ1) is 9.25. The molecule has 0 bridgehead atoms. The molecule has 0 amide bonds. The molecule has 2 N–H and O–H groups in total. The second kappa shape index (κ2) is 5.23. The molecule has 0 unspecified atom stereocenters. The van der Waals surface area contributed by atoms with Crippen molar-refractivity contribution in [3.63, 3.8) is 0 Å². The number of alkyl halides is 3. The van der Waals surface area contributed by atoms with Crippen molar-refractivity contribution in [1.82, 2.24) is 9.97 Å². The lowest BCUT2D eigenvalue weighted by atomic mass is 10.3. The number of nitrogens with two attached hydrogens (primary N) is 1. The molecule has 20 heavy (non-hydrogen) atoms. The van der Waals surface area contributed by atoms with Crippen LogP contribution in [0.2, 0.25) is 0 Å². The molecule has 2 rings (SSSR count). The maximum absolute atomic E-state index is 13.3. The molecule has 4 nitrogen and oxygen atoms in total. The lowest BCUT2D eigenvalue weighted by molar-refractivity contribution is -0.145. The Morgan fingerprint density at radius 3 is 2.45 bits per heavy atom. The molecule has 0 spiro atoms. The first-order valence-electron chi connectivity index (χ1n) is 5.10. The first-order valence-corrected chi connectivity index (χ1v) is 5.89. The number of rotatable bonds is 2. The van der Waals surface area contributed by atoms with Gasteiger partial charge in [0.1, 0.15) is 17.4 Å². The van der Waals surface area contributed by atoms with Crippen LogP contribution in [0, 0.1) is 5.82 Å². The van der Waals surface area contributed by atoms with Crippen LogP contribution < -0.4 is 10.5 Å². The maximum Gasteiger partial charge on any atom is 0.451 e. The Morgan fingerprint density at radius 1 is 1.15 bits per heavy atom. The van der Waals surface area contributed by atoms with Gasteiger partial charge in [-0.15, -0.1) is 0 Å². The molecule has 1 aromatic heterocycles. The van der Waals surface area contributed by atoms with Crippen LogP contribution in [0.5, 0.6) is 11.6 Å². The lowest BCUT2D eigenvalue weighted by Crippen LogP contribution is -2.12. The van der Waals surface area contributed by atoms with Crippen LogP contribution in [-0.2, 0) is 6.18 Å². The number of hydrogen-bond acceptors (Lipinski definition) is 4. The standard InChI is InChI=1S/C11H6BrF4N3O/c12-6-2-1-5(3-7(6)13)20-9-4-8(17)18-10(19-9)11(14,15)16/h1-4H,(H2,17,18,19). The number of hydrogen-bond donors (Lipinski definition) is 1. The molecule has 1 heterocycles. The Labute approximate surface area is 118 Å². The minimum absolute atomic E-state index is 0.0167. The van der Waals surface area contributed by atoms with Crippen LogP contribution in [-0.4, -0.2) is 9.97 Å². The predicted molar refractivity (Wildman–Crippen MR) is 65.6 cm³/mol. The summed E-state index contributed by atoms with van der Waals surface area (Å²) >= 11 is 2.94. The third kappa shape index (κ3) is 3.35. The largest absolute Gasteiger partial charge is 0.451 e. The summed E-state index contributed by atoms with van der Waals surface area (Å²) in [5.74, 6) is -2.89. The Bertz CT molecular complexity index is 648. The van der Waals surface area contributed by atoms with Gasteiger partial charge in [-0.1, -0.05) is 0 Å². The number of anilines is 1. The molecule has 0 radical (unpaired) electrons. The Morgan fingerprint density at radius 2 is 1.85 bits per heavy atom. The number of aromatic nitrogens is 2. The highest BCUT2D eigenvalue weighted by Gasteiger charge is 2.35. The summed E-state index contributed by atoms with van der Waals surface area (Å²) in [5, 5.41) is 0. The summed E-state index contributed by atoms with van der Waals surface area (Å²) < 4.78 is 56.0. The Kier molecular flexibility index (Phi) is 3.80. The topological polar surface area (TPSA) is 61.0 Å². The Balaban J connectivity index is 2.33. The van der Waals surface area contributed by atoms with E-state index in [1.54, 1.807) is 0 Å². The summed E-state index contributed by atoms with van der Waals surface area (Å²) in [6.45, 7) is 0. The SMILES string of the molecule is Nc1cc(Oc2ccc(Br)c(F)c2)nc(C(F)(F)F)n1. The van der Waals surface area contributed by atoms with Crippen molar-refractivity contribution in [3.8, 4) is 11.6 Å². The monoisotopic (exact) mass is 351 g/mol. The van der Waals surface area contributed by atoms with Crippen molar-refractivity contribution in [1.29, 1.82) is 0 Å². The van der Waals surface area contributed by atoms with E-state index in [9.17, 15) is 17.6 Å². The number of ether oxygens (including phenoxy) is 1. The highest BCUT2D eigenvalue weighted by atomic mass is 79.9. The summed E-state index contributed by atoms with van der Waals surface area (Å²) in [7, 11) is 0. The zero-order chi connectivity index (χ0) is 14.9. The van der Waals surface area contributed by atoms with E-state index in [0.29, 0.717) is 0 Å². The molecular formula is C11H6BrF4N3O. The van der Waals surface area contributed by atoms with Gasteiger partial charge >= 0.3 is 6.18 Å². The van der Waals surface area contributed by atoms with Gasteiger partial charge < -0.3 is 10.5 Å². The van der Waals surface area contributed by atoms with E-state index in [4.69, 9.17) is 10.5 Å². The maximum atomic E-state index is 13.3. The quantitative estimate of drug-likeness (QED) is 0.836. The van der Waals surface area contributed by atoms with Crippen LogP contribution in [0.25, 0.3) is 0 Å². The van der Waals surface area contributed by atoms with Crippen molar-refractivity contribution in [2.24, 2.45) is 0 Å². The lowest BCUT2D eigenvalue weighted by Gasteiger charge is -2.09. The van der Waals surface area contributed by atoms with Gasteiger partial charge in [0.25, 0.3) is 0 Å². The van der Waals surface area contributed by atoms with Gasteiger partial charge in [0.2, 0.25) is 11.7 Å². The van der Waals surface area contributed by atoms with Gasteiger partial charge in [0.05, 0.1) is 4.47 Å². The number of benzene rings is 1. The summed E-state index contributed by atoms with van der Waals surface area (Å²) in [4.78, 5) is 6.24. The molecule has 0 fully saturated rings. The van der Waals surface area contributed by atoms with E-state index in [-0.39, 0.29) is 10.2 Å². The smallest absolute Gasteiger partial charge is 0.439 e. The van der Waals surface area contributed by atoms with Crippen LogP contribution in [0.1, 0.15) is 5.82 Å². The molecule has 9 heteroatoms. The molecule has 0 atom stereocenters. The fourth-order valence-electron chi connectivity index (χ4n) is 1.28. The normalized spacial score (nSPS) is 11.4. The fraction of sp³-hybridized carbons (Fsp3) is 0.0909. The zero-order valence-corrected chi connectivity index (χ0v) is 11.2. The first kappa shape index (κ1) is 14.5. The highest BCUT2D eigenvalue weighted by Crippen LogP contribution is 2.30. The zero-order valence-electron chi connectivity index (χ0n) is 9.58. The van der Waals surface area contributed by atoms with E-state index in [2.05, 4.69) is 25.9 Å². The predicted octanol–water partition coefficient (Wildman–Crippen LogP) is 3.77. The molecule has 0 aliphatic heterocycles. The van der Waals surface area contributed by atoms with Crippen molar-refractivity contribution >= 4 is 21.7 Å².